The van der Waals surface area contributed by atoms with E-state index >= 15 is 0 Å². The van der Waals surface area contributed by atoms with Gasteiger partial charge in [-0.25, -0.2) is 0 Å². The fourth-order valence-corrected chi connectivity index (χ4v) is 3.10. The highest BCUT2D eigenvalue weighted by atomic mass is 16.5. The zero-order valence-corrected chi connectivity index (χ0v) is 12.5. The molecule has 4 rings (SSSR count). The van der Waals surface area contributed by atoms with Crippen LogP contribution in [-0.4, -0.2) is 7.11 Å². The third kappa shape index (κ3) is 2.04. The highest BCUT2D eigenvalue weighted by Crippen LogP contribution is 2.43. The van der Waals surface area contributed by atoms with Gasteiger partial charge in [0.1, 0.15) is 5.75 Å². The molecule has 0 aromatic heterocycles. The maximum Gasteiger partial charge on any atom is 0.119 e. The van der Waals surface area contributed by atoms with E-state index in [1.165, 1.54) is 22.5 Å². The number of para-hydroxylation sites is 2. The number of nitrogens with zero attached hydrogens (tertiary/aromatic N) is 1. The average molecular weight is 287 g/mol. The fraction of sp³-hybridized carbons (Fsp3) is 0.100. The summed E-state index contributed by atoms with van der Waals surface area (Å²) in [4.78, 5) is 2.33. The topological polar surface area (TPSA) is 12.5 Å². The van der Waals surface area contributed by atoms with Gasteiger partial charge in [-0.3, -0.25) is 0 Å². The molecule has 1 aliphatic rings. The molecule has 2 nitrogen and oxygen atoms in total. The number of hydrogen-bond acceptors (Lipinski definition) is 2. The van der Waals surface area contributed by atoms with Gasteiger partial charge in [0, 0.05) is 23.5 Å². The number of anilines is 3. The summed E-state index contributed by atoms with van der Waals surface area (Å²) in [5.41, 5.74) is 6.38. The van der Waals surface area contributed by atoms with Crippen LogP contribution in [0.15, 0.2) is 72.8 Å². The Morgan fingerprint density at radius 3 is 1.82 bits per heavy atom. The van der Waals surface area contributed by atoms with Gasteiger partial charge >= 0.3 is 0 Å². The first kappa shape index (κ1) is 13.0. The minimum Gasteiger partial charge on any atom is -0.497 e. The van der Waals surface area contributed by atoms with E-state index < -0.39 is 0 Å². The third-order valence-electron chi connectivity index (χ3n) is 4.18. The summed E-state index contributed by atoms with van der Waals surface area (Å²) in [6.45, 7) is 0. The number of fused-ring (bicyclic) bond motifs is 2. The van der Waals surface area contributed by atoms with E-state index in [4.69, 9.17) is 4.74 Å². The molecule has 0 atom stereocenters. The van der Waals surface area contributed by atoms with Gasteiger partial charge in [0.25, 0.3) is 0 Å². The summed E-state index contributed by atoms with van der Waals surface area (Å²) in [5.74, 6) is 0.877. The molecular formula is C20H17NO. The van der Waals surface area contributed by atoms with Gasteiger partial charge in [-0.2, -0.15) is 0 Å². The number of methoxy groups -OCH3 is 1. The third-order valence-corrected chi connectivity index (χ3v) is 4.18. The van der Waals surface area contributed by atoms with E-state index in [1.54, 1.807) is 7.11 Å². The Morgan fingerprint density at radius 1 is 0.727 bits per heavy atom. The molecule has 2 heteroatoms. The Labute approximate surface area is 130 Å². The van der Waals surface area contributed by atoms with Crippen molar-refractivity contribution in [1.29, 1.82) is 0 Å². The Hall–Kier alpha value is -2.74. The highest BCUT2D eigenvalue weighted by Gasteiger charge is 2.23. The van der Waals surface area contributed by atoms with Crippen molar-refractivity contribution in [2.45, 2.75) is 6.42 Å². The van der Waals surface area contributed by atoms with Gasteiger partial charge in [-0.05, 0) is 47.5 Å². The van der Waals surface area contributed by atoms with Crippen LogP contribution < -0.4 is 9.64 Å². The monoisotopic (exact) mass is 287 g/mol. The second-order valence-electron chi connectivity index (χ2n) is 5.47. The van der Waals surface area contributed by atoms with Crippen LogP contribution >= 0.6 is 0 Å². The Balaban J connectivity index is 1.90. The van der Waals surface area contributed by atoms with Gasteiger partial charge in [0.05, 0.1) is 7.11 Å². The first-order chi connectivity index (χ1) is 10.9. The van der Waals surface area contributed by atoms with Gasteiger partial charge in [0.2, 0.25) is 0 Å². The van der Waals surface area contributed by atoms with Crippen LogP contribution in [0.4, 0.5) is 17.1 Å². The van der Waals surface area contributed by atoms with Crippen molar-refractivity contribution in [2.24, 2.45) is 0 Å². The molecule has 3 aromatic rings. The van der Waals surface area contributed by atoms with E-state index in [0.29, 0.717) is 0 Å². The summed E-state index contributed by atoms with van der Waals surface area (Å²) in [7, 11) is 1.69. The molecule has 1 aliphatic heterocycles. The van der Waals surface area contributed by atoms with Crippen molar-refractivity contribution in [3.63, 3.8) is 0 Å². The SMILES string of the molecule is COc1ccc(N2c3ccccc3Cc3ccccc32)cc1. The lowest BCUT2D eigenvalue weighted by atomic mass is 9.95. The molecule has 0 amide bonds. The van der Waals surface area contributed by atoms with E-state index in [1.807, 2.05) is 12.1 Å². The van der Waals surface area contributed by atoms with Crippen molar-refractivity contribution >= 4 is 17.1 Å². The predicted molar refractivity (Wildman–Crippen MR) is 90.5 cm³/mol. The van der Waals surface area contributed by atoms with Crippen molar-refractivity contribution < 1.29 is 4.74 Å². The van der Waals surface area contributed by atoms with Crippen LogP contribution in [0.2, 0.25) is 0 Å². The zero-order chi connectivity index (χ0) is 14.9. The molecule has 0 unspecified atom stereocenters. The van der Waals surface area contributed by atoms with Crippen molar-refractivity contribution in [1.82, 2.24) is 0 Å². The summed E-state index contributed by atoms with van der Waals surface area (Å²) in [5, 5.41) is 0. The number of rotatable bonds is 2. The Bertz CT molecular complexity index is 762. The van der Waals surface area contributed by atoms with Crippen molar-refractivity contribution in [3.05, 3.63) is 83.9 Å². The normalized spacial score (nSPS) is 12.5. The van der Waals surface area contributed by atoms with Crippen LogP contribution in [-0.2, 0) is 6.42 Å². The van der Waals surface area contributed by atoms with E-state index in [9.17, 15) is 0 Å². The van der Waals surface area contributed by atoms with Gasteiger partial charge in [0.15, 0.2) is 0 Å². The van der Waals surface area contributed by atoms with E-state index in [0.717, 1.165) is 17.9 Å². The molecule has 22 heavy (non-hydrogen) atoms. The lowest BCUT2D eigenvalue weighted by Gasteiger charge is -2.33. The molecule has 0 aliphatic carbocycles. The van der Waals surface area contributed by atoms with Crippen LogP contribution in [0.1, 0.15) is 11.1 Å². The predicted octanol–water partition coefficient (Wildman–Crippen LogP) is 5.07. The zero-order valence-electron chi connectivity index (χ0n) is 12.5. The number of ether oxygens (including phenoxy) is 1. The van der Waals surface area contributed by atoms with Crippen LogP contribution in [0.5, 0.6) is 5.75 Å². The summed E-state index contributed by atoms with van der Waals surface area (Å²) in [6.07, 6.45) is 0.985. The molecule has 108 valence electrons. The molecule has 0 N–H and O–H groups in total. The van der Waals surface area contributed by atoms with Gasteiger partial charge in [-0.1, -0.05) is 36.4 Å². The molecule has 0 fully saturated rings. The van der Waals surface area contributed by atoms with E-state index in [2.05, 4.69) is 65.6 Å². The van der Waals surface area contributed by atoms with Crippen molar-refractivity contribution in [2.75, 3.05) is 12.0 Å². The highest BCUT2D eigenvalue weighted by molar-refractivity contribution is 5.83. The van der Waals surface area contributed by atoms with Gasteiger partial charge < -0.3 is 9.64 Å². The standard InChI is InChI=1S/C20H17NO/c1-22-18-12-10-17(11-13-18)21-19-8-4-2-6-15(19)14-16-7-3-5-9-20(16)21/h2-13H,14H2,1H3. The summed E-state index contributed by atoms with van der Waals surface area (Å²) >= 11 is 0. The minimum absolute atomic E-state index is 0.877. The first-order valence-electron chi connectivity index (χ1n) is 7.47. The molecule has 0 bridgehead atoms. The number of hydrogen-bond donors (Lipinski definition) is 0. The number of benzene rings is 3. The Morgan fingerprint density at radius 2 is 1.27 bits per heavy atom. The van der Waals surface area contributed by atoms with Crippen molar-refractivity contribution in [3.8, 4) is 5.75 Å². The molecule has 0 saturated heterocycles. The largest absolute Gasteiger partial charge is 0.497 e. The summed E-state index contributed by atoms with van der Waals surface area (Å²) in [6, 6.07) is 25.5. The van der Waals surface area contributed by atoms with Crippen LogP contribution in [0.3, 0.4) is 0 Å². The Kier molecular flexibility index (Phi) is 3.08. The maximum atomic E-state index is 5.28. The lowest BCUT2D eigenvalue weighted by Crippen LogP contribution is -2.18. The summed E-state index contributed by atoms with van der Waals surface area (Å²) < 4.78 is 5.28. The molecule has 1 heterocycles. The molecular weight excluding hydrogens is 270 g/mol. The first-order valence-corrected chi connectivity index (χ1v) is 7.47. The molecule has 3 aromatic carbocycles. The molecule has 0 saturated carbocycles. The minimum atomic E-state index is 0.877. The quantitative estimate of drug-likeness (QED) is 0.510. The van der Waals surface area contributed by atoms with Gasteiger partial charge in [-0.15, -0.1) is 0 Å². The van der Waals surface area contributed by atoms with Crippen LogP contribution in [0, 0.1) is 0 Å². The van der Waals surface area contributed by atoms with E-state index in [-0.39, 0.29) is 0 Å². The fourth-order valence-electron chi connectivity index (χ4n) is 3.10. The second-order valence-corrected chi connectivity index (χ2v) is 5.47. The van der Waals surface area contributed by atoms with Crippen LogP contribution in [0.25, 0.3) is 0 Å². The molecule has 0 radical (unpaired) electrons. The average Bonchev–Trinajstić information content (AvgIpc) is 2.60. The molecule has 0 spiro atoms. The lowest BCUT2D eigenvalue weighted by molar-refractivity contribution is 0.415. The smallest absolute Gasteiger partial charge is 0.119 e. The maximum absolute atomic E-state index is 5.28. The second kappa shape index (κ2) is 5.23.